The third kappa shape index (κ3) is 3.79. The van der Waals surface area contributed by atoms with Gasteiger partial charge < -0.3 is 19.7 Å². The molecule has 0 bridgehead atoms. The second kappa shape index (κ2) is 8.05. The predicted molar refractivity (Wildman–Crippen MR) is 103 cm³/mol. The van der Waals surface area contributed by atoms with Crippen molar-refractivity contribution in [3.63, 3.8) is 0 Å². The Morgan fingerprint density at radius 2 is 1.93 bits per heavy atom. The van der Waals surface area contributed by atoms with E-state index in [2.05, 4.69) is 25.7 Å². The van der Waals surface area contributed by atoms with Crippen molar-refractivity contribution < 1.29 is 14.3 Å². The normalized spacial score (nSPS) is 14.0. The van der Waals surface area contributed by atoms with Gasteiger partial charge in [0.25, 0.3) is 5.91 Å². The molecule has 1 saturated heterocycles. The summed E-state index contributed by atoms with van der Waals surface area (Å²) in [6, 6.07) is 12.7. The van der Waals surface area contributed by atoms with Crippen molar-refractivity contribution in [3.05, 3.63) is 54.4 Å². The highest BCUT2D eigenvalue weighted by molar-refractivity contribution is 6.06. The average Bonchev–Trinajstić information content (AvgIpc) is 3.29. The molecule has 0 radical (unpaired) electrons. The first-order valence-corrected chi connectivity index (χ1v) is 8.90. The number of nitrogens with one attached hydrogen (secondary N) is 1. The summed E-state index contributed by atoms with van der Waals surface area (Å²) in [5.74, 6) is 0.497. The van der Waals surface area contributed by atoms with E-state index in [4.69, 9.17) is 9.47 Å². The van der Waals surface area contributed by atoms with Crippen molar-refractivity contribution in [1.29, 1.82) is 0 Å². The van der Waals surface area contributed by atoms with Gasteiger partial charge in [0, 0.05) is 18.7 Å². The summed E-state index contributed by atoms with van der Waals surface area (Å²) in [4.78, 5) is 15.0. The molecule has 1 fully saturated rings. The van der Waals surface area contributed by atoms with Gasteiger partial charge in [-0.3, -0.25) is 4.79 Å². The van der Waals surface area contributed by atoms with Crippen molar-refractivity contribution in [3.8, 4) is 11.4 Å². The number of aromatic nitrogens is 4. The number of morpholine rings is 1. The van der Waals surface area contributed by atoms with Gasteiger partial charge in [0.2, 0.25) is 0 Å². The Morgan fingerprint density at radius 1 is 1.14 bits per heavy atom. The topological polar surface area (TPSA) is 94.4 Å². The summed E-state index contributed by atoms with van der Waals surface area (Å²) in [5.41, 5.74) is 2.92. The molecule has 0 aliphatic carbocycles. The molecule has 2 heterocycles. The number of ether oxygens (including phenoxy) is 2. The molecule has 144 valence electrons. The van der Waals surface area contributed by atoms with Crippen LogP contribution >= 0.6 is 0 Å². The SMILES string of the molecule is COc1ccc(C(=O)Nc2cc(-n3cnnn3)ccc2N2CCOCC2)cc1. The minimum absolute atomic E-state index is 0.203. The maximum atomic E-state index is 12.8. The first kappa shape index (κ1) is 17.9. The van der Waals surface area contributed by atoms with E-state index in [0.717, 1.165) is 24.5 Å². The van der Waals surface area contributed by atoms with Crippen LogP contribution in [0, 0.1) is 0 Å². The van der Waals surface area contributed by atoms with Gasteiger partial charge >= 0.3 is 0 Å². The van der Waals surface area contributed by atoms with Gasteiger partial charge in [-0.15, -0.1) is 5.10 Å². The van der Waals surface area contributed by atoms with E-state index in [1.54, 1.807) is 36.1 Å². The molecular formula is C19H20N6O3. The molecule has 1 aliphatic heterocycles. The molecule has 1 aliphatic rings. The molecule has 1 N–H and O–H groups in total. The van der Waals surface area contributed by atoms with Crippen molar-refractivity contribution in [1.82, 2.24) is 20.2 Å². The van der Waals surface area contributed by atoms with Crippen LogP contribution < -0.4 is 15.0 Å². The van der Waals surface area contributed by atoms with E-state index in [1.807, 2.05) is 18.2 Å². The van der Waals surface area contributed by atoms with E-state index in [0.29, 0.717) is 30.2 Å². The molecule has 0 unspecified atom stereocenters. The second-order valence-electron chi connectivity index (χ2n) is 6.24. The van der Waals surface area contributed by atoms with Gasteiger partial charge in [-0.05, 0) is 52.9 Å². The number of carbonyl (C=O) groups is 1. The number of amides is 1. The zero-order valence-corrected chi connectivity index (χ0v) is 15.4. The predicted octanol–water partition coefficient (Wildman–Crippen LogP) is 1.76. The Morgan fingerprint density at radius 3 is 2.61 bits per heavy atom. The lowest BCUT2D eigenvalue weighted by Crippen LogP contribution is -2.36. The lowest BCUT2D eigenvalue weighted by atomic mass is 10.1. The van der Waals surface area contributed by atoms with Gasteiger partial charge in [0.05, 0.1) is 37.4 Å². The van der Waals surface area contributed by atoms with Gasteiger partial charge in [0.15, 0.2) is 0 Å². The highest BCUT2D eigenvalue weighted by Gasteiger charge is 2.18. The van der Waals surface area contributed by atoms with Crippen LogP contribution in [0.3, 0.4) is 0 Å². The third-order valence-electron chi connectivity index (χ3n) is 4.55. The highest BCUT2D eigenvalue weighted by atomic mass is 16.5. The minimum Gasteiger partial charge on any atom is -0.497 e. The highest BCUT2D eigenvalue weighted by Crippen LogP contribution is 2.30. The number of nitrogens with zero attached hydrogens (tertiary/aromatic N) is 5. The van der Waals surface area contributed by atoms with Crippen LogP contribution in [-0.4, -0.2) is 59.5 Å². The number of benzene rings is 2. The van der Waals surface area contributed by atoms with Gasteiger partial charge in [-0.2, -0.15) is 0 Å². The quantitative estimate of drug-likeness (QED) is 0.721. The largest absolute Gasteiger partial charge is 0.497 e. The van der Waals surface area contributed by atoms with Crippen LogP contribution in [0.5, 0.6) is 5.75 Å². The van der Waals surface area contributed by atoms with Gasteiger partial charge in [0.1, 0.15) is 12.1 Å². The van der Waals surface area contributed by atoms with Crippen LogP contribution in [0.4, 0.5) is 11.4 Å². The van der Waals surface area contributed by atoms with E-state index >= 15 is 0 Å². The third-order valence-corrected chi connectivity index (χ3v) is 4.55. The number of anilines is 2. The van der Waals surface area contributed by atoms with Crippen LogP contribution in [0.25, 0.3) is 5.69 Å². The molecule has 9 nitrogen and oxygen atoms in total. The fourth-order valence-corrected chi connectivity index (χ4v) is 3.06. The summed E-state index contributed by atoms with van der Waals surface area (Å²) in [6.45, 7) is 2.83. The lowest BCUT2D eigenvalue weighted by molar-refractivity contribution is 0.102. The fraction of sp³-hybridized carbons (Fsp3) is 0.263. The maximum Gasteiger partial charge on any atom is 0.255 e. The first-order valence-electron chi connectivity index (χ1n) is 8.90. The van der Waals surface area contributed by atoms with Crippen LogP contribution in [0.2, 0.25) is 0 Å². The van der Waals surface area contributed by atoms with Crippen molar-refractivity contribution >= 4 is 17.3 Å². The summed E-state index contributed by atoms with van der Waals surface area (Å²) in [6.07, 6.45) is 1.51. The number of tetrazole rings is 1. The van der Waals surface area contributed by atoms with Crippen LogP contribution in [-0.2, 0) is 4.74 Å². The van der Waals surface area contributed by atoms with Gasteiger partial charge in [-0.25, -0.2) is 4.68 Å². The molecule has 28 heavy (non-hydrogen) atoms. The van der Waals surface area contributed by atoms with E-state index < -0.39 is 0 Å². The van der Waals surface area contributed by atoms with Crippen molar-refractivity contribution in [2.24, 2.45) is 0 Å². The van der Waals surface area contributed by atoms with E-state index in [9.17, 15) is 4.79 Å². The van der Waals surface area contributed by atoms with E-state index in [1.165, 1.54) is 6.33 Å². The minimum atomic E-state index is -0.203. The van der Waals surface area contributed by atoms with Gasteiger partial charge in [-0.1, -0.05) is 0 Å². The molecule has 9 heteroatoms. The molecule has 0 atom stereocenters. The molecular weight excluding hydrogens is 360 g/mol. The number of hydrogen-bond donors (Lipinski definition) is 1. The molecule has 1 aromatic heterocycles. The van der Waals surface area contributed by atoms with Crippen LogP contribution in [0.1, 0.15) is 10.4 Å². The molecule has 2 aromatic carbocycles. The molecule has 4 rings (SSSR count). The van der Waals surface area contributed by atoms with Crippen LogP contribution in [0.15, 0.2) is 48.8 Å². The molecule has 0 spiro atoms. The standard InChI is InChI=1S/C19H20N6O3/c1-27-16-5-2-14(3-6-16)19(26)21-17-12-15(25-13-20-22-23-25)4-7-18(17)24-8-10-28-11-9-24/h2-7,12-13H,8-11H2,1H3,(H,21,26). The van der Waals surface area contributed by atoms with Crippen molar-refractivity contribution in [2.75, 3.05) is 43.6 Å². The molecule has 3 aromatic rings. The zero-order valence-electron chi connectivity index (χ0n) is 15.4. The second-order valence-corrected chi connectivity index (χ2v) is 6.24. The Labute approximate surface area is 161 Å². The smallest absolute Gasteiger partial charge is 0.255 e. The Balaban J connectivity index is 1.65. The van der Waals surface area contributed by atoms with Crippen molar-refractivity contribution in [2.45, 2.75) is 0 Å². The number of methoxy groups -OCH3 is 1. The summed E-state index contributed by atoms with van der Waals surface area (Å²) < 4.78 is 12.1. The summed E-state index contributed by atoms with van der Waals surface area (Å²) in [5, 5.41) is 14.3. The number of rotatable bonds is 5. The molecule has 1 amide bonds. The fourth-order valence-electron chi connectivity index (χ4n) is 3.06. The number of carbonyl (C=O) groups excluding carboxylic acids is 1. The Bertz CT molecular complexity index is 937. The van der Waals surface area contributed by atoms with E-state index in [-0.39, 0.29) is 5.91 Å². The molecule has 0 saturated carbocycles. The lowest BCUT2D eigenvalue weighted by Gasteiger charge is -2.30. The Hall–Kier alpha value is -3.46. The monoisotopic (exact) mass is 380 g/mol. The Kier molecular flexibility index (Phi) is 5.16. The number of hydrogen-bond acceptors (Lipinski definition) is 7. The average molecular weight is 380 g/mol. The maximum absolute atomic E-state index is 12.8. The first-order chi connectivity index (χ1) is 13.7. The summed E-state index contributed by atoms with van der Waals surface area (Å²) in [7, 11) is 1.59. The summed E-state index contributed by atoms with van der Waals surface area (Å²) >= 11 is 0. The zero-order chi connectivity index (χ0) is 19.3.